The van der Waals surface area contributed by atoms with Crippen molar-refractivity contribution in [1.29, 1.82) is 0 Å². The molecule has 1 saturated heterocycles. The van der Waals surface area contributed by atoms with Crippen molar-refractivity contribution >= 4 is 5.69 Å². The van der Waals surface area contributed by atoms with Gasteiger partial charge in [0.2, 0.25) is 0 Å². The predicted molar refractivity (Wildman–Crippen MR) is 86.1 cm³/mol. The molecule has 0 amide bonds. The van der Waals surface area contributed by atoms with Gasteiger partial charge in [0.25, 0.3) is 0 Å². The normalized spacial score (nSPS) is 22.4. The van der Waals surface area contributed by atoms with E-state index >= 15 is 0 Å². The molecule has 0 aliphatic carbocycles. The molecule has 2 heteroatoms. The number of aliphatic hydroxyl groups is 1. The topological polar surface area (TPSA) is 23.5 Å². The van der Waals surface area contributed by atoms with Gasteiger partial charge in [-0.2, -0.15) is 0 Å². The number of para-hydroxylation sites is 1. The van der Waals surface area contributed by atoms with Gasteiger partial charge < -0.3 is 10.0 Å². The van der Waals surface area contributed by atoms with Crippen molar-refractivity contribution in [3.05, 3.63) is 29.8 Å². The molecule has 1 aromatic rings. The van der Waals surface area contributed by atoms with E-state index in [0.717, 1.165) is 24.6 Å². The first-order valence-corrected chi connectivity index (χ1v) is 7.91. The molecule has 0 saturated carbocycles. The van der Waals surface area contributed by atoms with Gasteiger partial charge in [0.05, 0.1) is 6.10 Å². The van der Waals surface area contributed by atoms with Crippen molar-refractivity contribution in [2.75, 3.05) is 18.0 Å². The SMILES string of the molecule is CC(O)c1ccccc1N1CCCC(C(C)(C)C)CC1. The van der Waals surface area contributed by atoms with Crippen molar-refractivity contribution < 1.29 is 5.11 Å². The third-order valence-electron chi connectivity index (χ3n) is 4.68. The molecule has 1 aliphatic rings. The van der Waals surface area contributed by atoms with Gasteiger partial charge in [0, 0.05) is 24.3 Å². The molecule has 2 atom stereocenters. The number of hydrogen-bond donors (Lipinski definition) is 1. The summed E-state index contributed by atoms with van der Waals surface area (Å²) in [4.78, 5) is 2.47. The Hall–Kier alpha value is -1.02. The third kappa shape index (κ3) is 3.54. The number of hydrogen-bond acceptors (Lipinski definition) is 2. The second kappa shape index (κ2) is 6.17. The van der Waals surface area contributed by atoms with E-state index in [1.165, 1.54) is 24.9 Å². The maximum atomic E-state index is 9.96. The van der Waals surface area contributed by atoms with Gasteiger partial charge >= 0.3 is 0 Å². The highest BCUT2D eigenvalue weighted by atomic mass is 16.3. The van der Waals surface area contributed by atoms with Crippen LogP contribution in [0.15, 0.2) is 24.3 Å². The summed E-state index contributed by atoms with van der Waals surface area (Å²) in [7, 11) is 0. The molecule has 112 valence electrons. The Labute approximate surface area is 123 Å². The molecule has 0 bridgehead atoms. The van der Waals surface area contributed by atoms with Crippen LogP contribution in [0.3, 0.4) is 0 Å². The Kier molecular flexibility index (Phi) is 4.74. The van der Waals surface area contributed by atoms with Crippen LogP contribution in [0.2, 0.25) is 0 Å². The van der Waals surface area contributed by atoms with Gasteiger partial charge in [-0.15, -0.1) is 0 Å². The number of anilines is 1. The van der Waals surface area contributed by atoms with Gasteiger partial charge in [0.15, 0.2) is 0 Å². The molecule has 1 heterocycles. The van der Waals surface area contributed by atoms with Gasteiger partial charge in [-0.3, -0.25) is 0 Å². The van der Waals surface area contributed by atoms with E-state index in [9.17, 15) is 5.11 Å². The largest absolute Gasteiger partial charge is 0.389 e. The lowest BCUT2D eigenvalue weighted by atomic mass is 9.77. The molecular formula is C18H29NO. The molecule has 1 aliphatic heterocycles. The Bertz CT molecular complexity index is 433. The van der Waals surface area contributed by atoms with Crippen LogP contribution in [0.25, 0.3) is 0 Å². The van der Waals surface area contributed by atoms with Crippen LogP contribution in [0.4, 0.5) is 5.69 Å². The van der Waals surface area contributed by atoms with Gasteiger partial charge in [0.1, 0.15) is 0 Å². The average Bonchev–Trinajstić information content (AvgIpc) is 2.63. The summed E-state index contributed by atoms with van der Waals surface area (Å²) in [5.74, 6) is 0.797. The van der Waals surface area contributed by atoms with E-state index in [1.807, 2.05) is 19.1 Å². The number of aliphatic hydroxyl groups excluding tert-OH is 1. The third-order valence-corrected chi connectivity index (χ3v) is 4.68. The molecule has 0 radical (unpaired) electrons. The summed E-state index contributed by atoms with van der Waals surface area (Å²) in [6.07, 6.45) is 3.41. The van der Waals surface area contributed by atoms with Gasteiger partial charge in [-0.25, -0.2) is 0 Å². The fourth-order valence-electron chi connectivity index (χ4n) is 3.33. The highest BCUT2D eigenvalue weighted by Gasteiger charge is 2.27. The monoisotopic (exact) mass is 275 g/mol. The van der Waals surface area contributed by atoms with E-state index in [-0.39, 0.29) is 0 Å². The second-order valence-corrected chi connectivity index (χ2v) is 7.22. The summed E-state index contributed by atoms with van der Waals surface area (Å²) in [5, 5.41) is 9.96. The quantitative estimate of drug-likeness (QED) is 0.865. The van der Waals surface area contributed by atoms with Crippen molar-refractivity contribution in [2.45, 2.75) is 53.1 Å². The molecule has 0 spiro atoms. The van der Waals surface area contributed by atoms with E-state index in [1.54, 1.807) is 0 Å². The first kappa shape index (κ1) is 15.4. The van der Waals surface area contributed by atoms with Crippen LogP contribution >= 0.6 is 0 Å². The van der Waals surface area contributed by atoms with Crippen LogP contribution in [0, 0.1) is 11.3 Å². The molecule has 2 nitrogen and oxygen atoms in total. The first-order valence-electron chi connectivity index (χ1n) is 7.91. The van der Waals surface area contributed by atoms with Gasteiger partial charge in [-0.05, 0) is 43.6 Å². The standard InChI is InChI=1S/C18H29NO/c1-14(20)16-9-5-6-10-17(16)19-12-7-8-15(11-13-19)18(2,3)4/h5-6,9-10,14-15,20H,7-8,11-13H2,1-4H3. The Morgan fingerprint density at radius 3 is 2.50 bits per heavy atom. The fraction of sp³-hybridized carbons (Fsp3) is 0.667. The predicted octanol–water partition coefficient (Wildman–Crippen LogP) is 4.39. The Morgan fingerprint density at radius 2 is 1.85 bits per heavy atom. The maximum Gasteiger partial charge on any atom is 0.0781 e. The molecule has 20 heavy (non-hydrogen) atoms. The Morgan fingerprint density at radius 1 is 1.15 bits per heavy atom. The molecule has 1 aromatic carbocycles. The number of rotatable bonds is 2. The summed E-state index contributed by atoms with van der Waals surface area (Å²) in [6.45, 7) is 11.1. The van der Waals surface area contributed by atoms with Crippen LogP contribution in [-0.4, -0.2) is 18.2 Å². The molecule has 1 N–H and O–H groups in total. The highest BCUT2D eigenvalue weighted by Crippen LogP contribution is 2.36. The zero-order valence-electron chi connectivity index (χ0n) is 13.4. The summed E-state index contributed by atoms with van der Waals surface area (Å²) in [5.41, 5.74) is 2.68. The average molecular weight is 275 g/mol. The first-order chi connectivity index (χ1) is 9.39. The smallest absolute Gasteiger partial charge is 0.0781 e. The van der Waals surface area contributed by atoms with Crippen LogP contribution in [0.5, 0.6) is 0 Å². The fourth-order valence-corrected chi connectivity index (χ4v) is 3.33. The zero-order chi connectivity index (χ0) is 14.8. The lowest BCUT2D eigenvalue weighted by molar-refractivity contribution is 0.199. The van der Waals surface area contributed by atoms with E-state index in [4.69, 9.17) is 0 Å². The maximum absolute atomic E-state index is 9.96. The van der Waals surface area contributed by atoms with E-state index < -0.39 is 6.10 Å². The van der Waals surface area contributed by atoms with Crippen molar-refractivity contribution in [1.82, 2.24) is 0 Å². The van der Waals surface area contributed by atoms with E-state index in [0.29, 0.717) is 5.41 Å². The van der Waals surface area contributed by atoms with Crippen molar-refractivity contribution in [3.8, 4) is 0 Å². The highest BCUT2D eigenvalue weighted by molar-refractivity contribution is 5.54. The van der Waals surface area contributed by atoms with Crippen LogP contribution < -0.4 is 4.90 Å². The number of benzene rings is 1. The summed E-state index contributed by atoms with van der Waals surface area (Å²) < 4.78 is 0. The van der Waals surface area contributed by atoms with E-state index in [2.05, 4.69) is 37.8 Å². The summed E-state index contributed by atoms with van der Waals surface area (Å²) >= 11 is 0. The minimum atomic E-state index is -0.395. The Balaban J connectivity index is 2.15. The van der Waals surface area contributed by atoms with Crippen LogP contribution in [0.1, 0.15) is 58.6 Å². The lowest BCUT2D eigenvalue weighted by Gasteiger charge is -2.30. The molecule has 2 unspecified atom stereocenters. The van der Waals surface area contributed by atoms with Crippen molar-refractivity contribution in [2.24, 2.45) is 11.3 Å². The molecule has 2 rings (SSSR count). The second-order valence-electron chi connectivity index (χ2n) is 7.22. The van der Waals surface area contributed by atoms with Gasteiger partial charge in [-0.1, -0.05) is 39.0 Å². The number of nitrogens with zero attached hydrogens (tertiary/aromatic N) is 1. The minimum Gasteiger partial charge on any atom is -0.389 e. The molecule has 0 aromatic heterocycles. The van der Waals surface area contributed by atoms with Crippen molar-refractivity contribution in [3.63, 3.8) is 0 Å². The molecular weight excluding hydrogens is 246 g/mol. The lowest BCUT2D eigenvalue weighted by Crippen LogP contribution is -2.27. The molecule has 1 fully saturated rings. The zero-order valence-corrected chi connectivity index (χ0v) is 13.4. The van der Waals surface area contributed by atoms with Crippen LogP contribution in [-0.2, 0) is 0 Å². The minimum absolute atomic E-state index is 0.395. The summed E-state index contributed by atoms with van der Waals surface area (Å²) in [6, 6.07) is 8.29.